The van der Waals surface area contributed by atoms with Crippen molar-refractivity contribution >= 4 is 5.65 Å². The highest BCUT2D eigenvalue weighted by molar-refractivity contribution is 5.66. The minimum Gasteiger partial charge on any atom is -0.405 e. The highest BCUT2D eigenvalue weighted by Gasteiger charge is 2.32. The van der Waals surface area contributed by atoms with Crippen molar-refractivity contribution in [3.63, 3.8) is 0 Å². The van der Waals surface area contributed by atoms with E-state index in [2.05, 4.69) is 19.9 Å². The van der Waals surface area contributed by atoms with E-state index in [9.17, 15) is 13.2 Å². The summed E-state index contributed by atoms with van der Waals surface area (Å²) in [5.41, 5.74) is 3.14. The Balaban J connectivity index is 1.60. The molecule has 0 fully saturated rings. The van der Waals surface area contributed by atoms with Gasteiger partial charge in [-0.3, -0.25) is 9.38 Å². The lowest BCUT2D eigenvalue weighted by molar-refractivity contribution is -0.275. The van der Waals surface area contributed by atoms with Gasteiger partial charge in [0.1, 0.15) is 12.1 Å². The maximum atomic E-state index is 12.8. The van der Waals surface area contributed by atoms with Crippen molar-refractivity contribution in [1.82, 2.24) is 19.6 Å². The fraction of sp³-hybridized carbons (Fsp3) is 0.150. The highest BCUT2D eigenvalue weighted by atomic mass is 19.4. The molecule has 0 saturated carbocycles. The molecule has 0 radical (unpaired) electrons. The van der Waals surface area contributed by atoms with E-state index in [1.807, 2.05) is 12.1 Å². The predicted molar refractivity (Wildman–Crippen MR) is 97.8 cm³/mol. The summed E-state index contributed by atoms with van der Waals surface area (Å²) in [7, 11) is 0. The molecule has 4 rings (SSSR count). The van der Waals surface area contributed by atoms with Gasteiger partial charge in [0.15, 0.2) is 5.65 Å². The first kappa shape index (κ1) is 18.9. The SMILES string of the molecule is FC(F)(F)Oc1ccc(-c2ccc3nncn3c2)cc1COCc1ccccn1. The van der Waals surface area contributed by atoms with Gasteiger partial charge in [-0.2, -0.15) is 0 Å². The van der Waals surface area contributed by atoms with Gasteiger partial charge < -0.3 is 9.47 Å². The predicted octanol–water partition coefficient (Wildman–Crippen LogP) is 4.41. The number of alkyl halides is 3. The maximum absolute atomic E-state index is 12.8. The molecule has 0 atom stereocenters. The molecule has 0 aliphatic carbocycles. The fourth-order valence-electron chi connectivity index (χ4n) is 2.84. The number of ether oxygens (including phenoxy) is 2. The summed E-state index contributed by atoms with van der Waals surface area (Å²) in [6, 6.07) is 13.4. The number of fused-ring (bicyclic) bond motifs is 1. The molecule has 0 saturated heterocycles. The third-order valence-corrected chi connectivity index (χ3v) is 4.14. The molecule has 1 aromatic carbocycles. The Kier molecular flexibility index (Phi) is 5.13. The van der Waals surface area contributed by atoms with Gasteiger partial charge >= 0.3 is 6.36 Å². The Bertz CT molecular complexity index is 1110. The van der Waals surface area contributed by atoms with E-state index >= 15 is 0 Å². The van der Waals surface area contributed by atoms with Crippen LogP contribution < -0.4 is 4.74 Å². The van der Waals surface area contributed by atoms with Gasteiger partial charge in [-0.1, -0.05) is 12.1 Å². The summed E-state index contributed by atoms with van der Waals surface area (Å²) >= 11 is 0. The van der Waals surface area contributed by atoms with Crippen LogP contribution in [0, 0.1) is 0 Å². The van der Waals surface area contributed by atoms with Crippen LogP contribution in [-0.2, 0) is 18.0 Å². The minimum atomic E-state index is -4.79. The summed E-state index contributed by atoms with van der Waals surface area (Å²) in [6.45, 7) is 0.105. The average molecular weight is 400 g/mol. The Morgan fingerprint density at radius 2 is 1.83 bits per heavy atom. The van der Waals surface area contributed by atoms with Crippen LogP contribution in [0.15, 0.2) is 67.3 Å². The Labute approximate surface area is 163 Å². The average Bonchev–Trinajstić information content (AvgIpc) is 3.17. The molecule has 0 N–H and O–H groups in total. The van der Waals surface area contributed by atoms with Crippen LogP contribution in [0.4, 0.5) is 13.2 Å². The maximum Gasteiger partial charge on any atom is 0.573 e. The number of pyridine rings is 2. The molecule has 0 bridgehead atoms. The molecule has 0 amide bonds. The molecule has 3 heterocycles. The molecule has 9 heteroatoms. The number of hydrogen-bond acceptors (Lipinski definition) is 5. The van der Waals surface area contributed by atoms with Crippen LogP contribution in [0.5, 0.6) is 5.75 Å². The zero-order chi connectivity index (χ0) is 20.3. The van der Waals surface area contributed by atoms with Gasteiger partial charge in [0, 0.05) is 18.0 Å². The van der Waals surface area contributed by atoms with Crippen molar-refractivity contribution in [3.05, 3.63) is 78.5 Å². The third kappa shape index (κ3) is 4.69. The molecule has 0 spiro atoms. The van der Waals surface area contributed by atoms with Crippen molar-refractivity contribution < 1.29 is 22.6 Å². The molecule has 29 heavy (non-hydrogen) atoms. The largest absolute Gasteiger partial charge is 0.573 e. The first-order valence-electron chi connectivity index (χ1n) is 8.64. The molecule has 3 aromatic heterocycles. The first-order chi connectivity index (χ1) is 14.0. The highest BCUT2D eigenvalue weighted by Crippen LogP contribution is 2.31. The molecule has 6 nitrogen and oxygen atoms in total. The van der Waals surface area contributed by atoms with Crippen LogP contribution in [0.2, 0.25) is 0 Å². The van der Waals surface area contributed by atoms with Crippen LogP contribution in [0.1, 0.15) is 11.3 Å². The van der Waals surface area contributed by atoms with Gasteiger partial charge in [0.05, 0.1) is 18.9 Å². The van der Waals surface area contributed by atoms with E-state index in [1.54, 1.807) is 53.5 Å². The van der Waals surface area contributed by atoms with E-state index in [1.165, 1.54) is 6.07 Å². The van der Waals surface area contributed by atoms with Crippen LogP contribution in [0.25, 0.3) is 16.8 Å². The van der Waals surface area contributed by atoms with Gasteiger partial charge in [-0.05, 0) is 47.5 Å². The monoisotopic (exact) mass is 400 g/mol. The van der Waals surface area contributed by atoms with Crippen molar-refractivity contribution in [1.29, 1.82) is 0 Å². The number of hydrogen-bond donors (Lipinski definition) is 0. The zero-order valence-electron chi connectivity index (χ0n) is 15.0. The van der Waals surface area contributed by atoms with Crippen LogP contribution >= 0.6 is 0 Å². The Hall–Kier alpha value is -3.46. The van der Waals surface area contributed by atoms with Crippen LogP contribution in [0.3, 0.4) is 0 Å². The van der Waals surface area contributed by atoms with Crippen molar-refractivity contribution in [2.45, 2.75) is 19.6 Å². The molecule has 0 aliphatic heterocycles. The zero-order valence-corrected chi connectivity index (χ0v) is 15.0. The number of halogens is 3. The van der Waals surface area contributed by atoms with Crippen molar-refractivity contribution in [2.24, 2.45) is 0 Å². The summed E-state index contributed by atoms with van der Waals surface area (Å²) < 4.78 is 49.8. The molecular weight excluding hydrogens is 385 g/mol. The second-order valence-corrected chi connectivity index (χ2v) is 6.20. The van der Waals surface area contributed by atoms with E-state index in [0.717, 1.165) is 5.56 Å². The number of nitrogens with zero attached hydrogens (tertiary/aromatic N) is 4. The van der Waals surface area contributed by atoms with Gasteiger partial charge in [-0.15, -0.1) is 23.4 Å². The van der Waals surface area contributed by atoms with E-state index in [4.69, 9.17) is 4.74 Å². The topological polar surface area (TPSA) is 61.5 Å². The van der Waals surface area contributed by atoms with Crippen molar-refractivity contribution in [2.75, 3.05) is 0 Å². The number of benzene rings is 1. The lowest BCUT2D eigenvalue weighted by atomic mass is 10.0. The lowest BCUT2D eigenvalue weighted by Crippen LogP contribution is -2.18. The van der Waals surface area contributed by atoms with E-state index in [-0.39, 0.29) is 24.5 Å². The first-order valence-corrected chi connectivity index (χ1v) is 8.64. The fourth-order valence-corrected chi connectivity index (χ4v) is 2.84. The molecule has 4 aromatic rings. The molecule has 0 aliphatic rings. The summed E-state index contributed by atoms with van der Waals surface area (Å²) in [4.78, 5) is 4.13. The van der Waals surface area contributed by atoms with Crippen molar-refractivity contribution in [3.8, 4) is 16.9 Å². The van der Waals surface area contributed by atoms with Gasteiger partial charge in [-0.25, -0.2) is 0 Å². The second kappa shape index (κ2) is 7.88. The number of rotatable bonds is 6. The summed E-state index contributed by atoms with van der Waals surface area (Å²) in [6.07, 6.45) is 0.182. The van der Waals surface area contributed by atoms with Gasteiger partial charge in [0.25, 0.3) is 0 Å². The Morgan fingerprint density at radius 1 is 0.966 bits per heavy atom. The molecule has 148 valence electrons. The quantitative estimate of drug-likeness (QED) is 0.480. The normalized spacial score (nSPS) is 11.7. The minimum absolute atomic E-state index is 0.0648. The molecular formula is C20H15F3N4O2. The van der Waals surface area contributed by atoms with Gasteiger partial charge in [0.2, 0.25) is 0 Å². The smallest absolute Gasteiger partial charge is 0.405 e. The van der Waals surface area contributed by atoms with Crippen LogP contribution in [-0.4, -0.2) is 25.9 Å². The standard InChI is InChI=1S/C20H15F3N4O2/c21-20(22,23)29-18-6-4-14(15-5-7-19-26-25-13-27(19)10-15)9-16(18)11-28-12-17-3-1-2-8-24-17/h1-10,13H,11-12H2. The second-order valence-electron chi connectivity index (χ2n) is 6.20. The Morgan fingerprint density at radius 3 is 2.62 bits per heavy atom. The van der Waals surface area contributed by atoms with E-state index < -0.39 is 6.36 Å². The van der Waals surface area contributed by atoms with E-state index in [0.29, 0.717) is 16.9 Å². The lowest BCUT2D eigenvalue weighted by Gasteiger charge is -2.15. The number of aromatic nitrogens is 4. The summed E-state index contributed by atoms with van der Waals surface area (Å²) in [5, 5.41) is 7.76. The molecule has 0 unspecified atom stereocenters. The summed E-state index contributed by atoms with van der Waals surface area (Å²) in [5.74, 6) is -0.298. The third-order valence-electron chi connectivity index (χ3n) is 4.14.